The van der Waals surface area contributed by atoms with E-state index in [2.05, 4.69) is 20.4 Å². The fourth-order valence-electron chi connectivity index (χ4n) is 2.87. The highest BCUT2D eigenvalue weighted by Crippen LogP contribution is 2.19. The van der Waals surface area contributed by atoms with E-state index in [4.69, 9.17) is 0 Å². The van der Waals surface area contributed by atoms with E-state index in [0.717, 1.165) is 11.0 Å². The SMILES string of the molecule is Cc1cc(NC(=O)/C=C/c2cccc([N+](=O)[O-])c2)n(-c2nc3ccccc3[nH]2)n1. The number of fused-ring (bicyclic) bond motifs is 1. The lowest BCUT2D eigenvalue weighted by Gasteiger charge is -2.04. The Morgan fingerprint density at radius 2 is 2.03 bits per heavy atom. The Labute approximate surface area is 164 Å². The summed E-state index contributed by atoms with van der Waals surface area (Å²) in [5.74, 6) is 0.543. The largest absolute Gasteiger partial charge is 0.322 e. The Morgan fingerprint density at radius 1 is 1.21 bits per heavy atom. The van der Waals surface area contributed by atoms with Gasteiger partial charge >= 0.3 is 0 Å². The van der Waals surface area contributed by atoms with Crippen molar-refractivity contribution in [1.29, 1.82) is 0 Å². The predicted octanol–water partition coefficient (Wildman–Crippen LogP) is 3.62. The highest BCUT2D eigenvalue weighted by molar-refractivity contribution is 6.01. The quantitative estimate of drug-likeness (QED) is 0.307. The van der Waals surface area contributed by atoms with Crippen molar-refractivity contribution in [3.63, 3.8) is 0 Å². The zero-order chi connectivity index (χ0) is 20.4. The van der Waals surface area contributed by atoms with Crippen LogP contribution in [0.15, 0.2) is 60.7 Å². The lowest BCUT2D eigenvalue weighted by molar-refractivity contribution is -0.384. The highest BCUT2D eigenvalue weighted by Gasteiger charge is 2.13. The van der Waals surface area contributed by atoms with Gasteiger partial charge in [-0.25, -0.2) is 4.98 Å². The zero-order valence-electron chi connectivity index (χ0n) is 15.4. The molecule has 0 atom stereocenters. The van der Waals surface area contributed by atoms with Crippen molar-refractivity contribution in [2.45, 2.75) is 6.92 Å². The van der Waals surface area contributed by atoms with E-state index in [9.17, 15) is 14.9 Å². The summed E-state index contributed by atoms with van der Waals surface area (Å²) in [6.45, 7) is 1.81. The molecule has 0 aliphatic rings. The molecule has 0 unspecified atom stereocenters. The van der Waals surface area contributed by atoms with Gasteiger partial charge < -0.3 is 10.3 Å². The van der Waals surface area contributed by atoms with Gasteiger partial charge in [-0.2, -0.15) is 9.78 Å². The lowest BCUT2D eigenvalue weighted by Crippen LogP contribution is -2.13. The number of amides is 1. The maximum Gasteiger partial charge on any atom is 0.270 e. The second-order valence-corrected chi connectivity index (χ2v) is 6.34. The summed E-state index contributed by atoms with van der Waals surface area (Å²) in [5, 5.41) is 18.0. The number of H-pyrrole nitrogens is 1. The zero-order valence-corrected chi connectivity index (χ0v) is 15.4. The third-order valence-corrected chi connectivity index (χ3v) is 4.17. The molecule has 2 aromatic carbocycles. The van der Waals surface area contributed by atoms with E-state index >= 15 is 0 Å². The summed E-state index contributed by atoms with van der Waals surface area (Å²) >= 11 is 0. The lowest BCUT2D eigenvalue weighted by atomic mass is 10.2. The second kappa shape index (κ2) is 7.39. The average Bonchev–Trinajstić information content (AvgIpc) is 3.29. The standard InChI is InChI=1S/C20H16N6O3/c1-13-11-18(25(24-13)20-21-16-7-2-3-8-17(16)22-20)23-19(27)10-9-14-5-4-6-15(12-14)26(28)29/h2-12H,1H3,(H,21,22)(H,23,27)/b10-9+. The molecule has 0 fully saturated rings. The second-order valence-electron chi connectivity index (χ2n) is 6.34. The summed E-state index contributed by atoms with van der Waals surface area (Å²) in [6, 6.07) is 15.3. The van der Waals surface area contributed by atoms with E-state index in [1.165, 1.54) is 29.0 Å². The number of aromatic nitrogens is 4. The molecule has 144 valence electrons. The van der Waals surface area contributed by atoms with Crippen molar-refractivity contribution in [3.8, 4) is 5.95 Å². The van der Waals surface area contributed by atoms with Crippen LogP contribution in [-0.2, 0) is 4.79 Å². The molecule has 4 rings (SSSR count). The summed E-state index contributed by atoms with van der Waals surface area (Å²) in [7, 11) is 0. The number of hydrogen-bond donors (Lipinski definition) is 2. The maximum atomic E-state index is 12.4. The van der Waals surface area contributed by atoms with Crippen LogP contribution >= 0.6 is 0 Å². The first-order chi connectivity index (χ1) is 14.0. The number of aromatic amines is 1. The molecule has 2 heterocycles. The molecule has 9 heteroatoms. The van der Waals surface area contributed by atoms with Crippen LogP contribution in [-0.4, -0.2) is 30.6 Å². The van der Waals surface area contributed by atoms with Crippen LogP contribution in [0.1, 0.15) is 11.3 Å². The van der Waals surface area contributed by atoms with Crippen LogP contribution in [0, 0.1) is 17.0 Å². The Bertz CT molecular complexity index is 1220. The fraction of sp³-hybridized carbons (Fsp3) is 0.0500. The molecule has 4 aromatic rings. The highest BCUT2D eigenvalue weighted by atomic mass is 16.6. The number of nitro groups is 1. The van der Waals surface area contributed by atoms with Crippen molar-refractivity contribution in [3.05, 3.63) is 82.0 Å². The fourth-order valence-corrected chi connectivity index (χ4v) is 2.87. The predicted molar refractivity (Wildman–Crippen MR) is 109 cm³/mol. The third-order valence-electron chi connectivity index (χ3n) is 4.17. The number of carbonyl (C=O) groups is 1. The Balaban J connectivity index is 1.56. The van der Waals surface area contributed by atoms with E-state index in [0.29, 0.717) is 23.0 Å². The minimum absolute atomic E-state index is 0.0360. The number of benzene rings is 2. The van der Waals surface area contributed by atoms with Crippen molar-refractivity contribution in [1.82, 2.24) is 19.7 Å². The number of non-ortho nitro benzene ring substituents is 1. The van der Waals surface area contributed by atoms with Crippen molar-refractivity contribution < 1.29 is 9.72 Å². The Hall–Kier alpha value is -4.27. The van der Waals surface area contributed by atoms with Gasteiger partial charge in [-0.15, -0.1) is 0 Å². The van der Waals surface area contributed by atoms with Crippen molar-refractivity contribution in [2.75, 3.05) is 5.32 Å². The molecule has 0 saturated carbocycles. The van der Waals surface area contributed by atoms with Crippen LogP contribution in [0.2, 0.25) is 0 Å². The van der Waals surface area contributed by atoms with Gasteiger partial charge in [-0.05, 0) is 30.7 Å². The van der Waals surface area contributed by atoms with E-state index in [1.54, 1.807) is 18.2 Å². The number of nitrogens with one attached hydrogen (secondary N) is 2. The van der Waals surface area contributed by atoms with Gasteiger partial charge in [-0.3, -0.25) is 14.9 Å². The number of carbonyl (C=O) groups excluding carboxylic acids is 1. The molecule has 0 bridgehead atoms. The first-order valence-corrected chi connectivity index (χ1v) is 8.75. The van der Waals surface area contributed by atoms with Crippen LogP contribution in [0.3, 0.4) is 0 Å². The van der Waals surface area contributed by atoms with E-state index < -0.39 is 10.8 Å². The first kappa shape index (κ1) is 18.1. The number of imidazole rings is 1. The number of rotatable bonds is 5. The molecular formula is C20H16N6O3. The summed E-state index contributed by atoms with van der Waals surface area (Å²) in [4.78, 5) is 30.4. The van der Waals surface area contributed by atoms with Gasteiger partial charge in [-0.1, -0.05) is 24.3 Å². The smallest absolute Gasteiger partial charge is 0.270 e. The van der Waals surface area contributed by atoms with Gasteiger partial charge in [0.2, 0.25) is 11.9 Å². The van der Waals surface area contributed by atoms with Crippen LogP contribution in [0.4, 0.5) is 11.5 Å². The normalized spacial score (nSPS) is 11.2. The summed E-state index contributed by atoms with van der Waals surface area (Å²) in [6.07, 6.45) is 2.82. The number of nitro benzene ring substituents is 1. The molecule has 29 heavy (non-hydrogen) atoms. The molecule has 2 aromatic heterocycles. The molecule has 0 aliphatic heterocycles. The Kier molecular flexibility index (Phi) is 4.62. The van der Waals surface area contributed by atoms with Gasteiger partial charge in [0.05, 0.1) is 21.7 Å². The summed E-state index contributed by atoms with van der Waals surface area (Å²) in [5.41, 5.74) is 2.88. The van der Waals surface area contributed by atoms with Gasteiger partial charge in [0.15, 0.2) is 0 Å². The van der Waals surface area contributed by atoms with Gasteiger partial charge in [0.25, 0.3) is 5.69 Å². The maximum absolute atomic E-state index is 12.4. The number of hydrogen-bond acceptors (Lipinski definition) is 5. The number of anilines is 1. The van der Waals surface area contributed by atoms with Crippen LogP contribution in [0.25, 0.3) is 23.1 Å². The van der Waals surface area contributed by atoms with E-state index in [-0.39, 0.29) is 5.69 Å². The van der Waals surface area contributed by atoms with Gasteiger partial charge in [0.1, 0.15) is 5.82 Å². The monoisotopic (exact) mass is 388 g/mol. The molecule has 9 nitrogen and oxygen atoms in total. The molecule has 1 amide bonds. The number of nitrogens with zero attached hydrogens (tertiary/aromatic N) is 4. The number of aryl methyl sites for hydroxylation is 1. The third kappa shape index (κ3) is 3.88. The molecule has 0 spiro atoms. The topological polar surface area (TPSA) is 119 Å². The Morgan fingerprint density at radius 3 is 2.83 bits per heavy atom. The molecule has 2 N–H and O–H groups in total. The minimum atomic E-state index is -0.480. The molecular weight excluding hydrogens is 372 g/mol. The molecule has 0 aliphatic carbocycles. The molecule has 0 saturated heterocycles. The number of para-hydroxylation sites is 2. The van der Waals surface area contributed by atoms with Crippen LogP contribution in [0.5, 0.6) is 0 Å². The first-order valence-electron chi connectivity index (χ1n) is 8.75. The molecule has 0 radical (unpaired) electrons. The average molecular weight is 388 g/mol. The van der Waals surface area contributed by atoms with Crippen LogP contribution < -0.4 is 5.32 Å². The van der Waals surface area contributed by atoms with Gasteiger partial charge in [0, 0.05) is 24.3 Å². The van der Waals surface area contributed by atoms with Crippen molar-refractivity contribution >= 4 is 34.5 Å². The minimum Gasteiger partial charge on any atom is -0.322 e. The summed E-state index contributed by atoms with van der Waals surface area (Å²) < 4.78 is 1.52. The van der Waals surface area contributed by atoms with E-state index in [1.807, 2.05) is 31.2 Å². The van der Waals surface area contributed by atoms with Crippen molar-refractivity contribution in [2.24, 2.45) is 0 Å².